The Balaban J connectivity index is 0. The molecule has 0 aromatic carbocycles. The van der Waals surface area contributed by atoms with E-state index in [2.05, 4.69) is 38.1 Å². The number of rotatable bonds is 2. The SMILES string of the molecule is C=CC1=C(C=C)N=CC(C)(C)C=C1.CC.CC. The average molecular weight is 233 g/mol. The van der Waals surface area contributed by atoms with Gasteiger partial charge in [0, 0.05) is 11.6 Å². The molecule has 0 aromatic heterocycles. The topological polar surface area (TPSA) is 12.4 Å². The highest BCUT2D eigenvalue weighted by atomic mass is 14.7. The van der Waals surface area contributed by atoms with Gasteiger partial charge >= 0.3 is 0 Å². The Morgan fingerprint density at radius 1 is 1.06 bits per heavy atom. The molecule has 1 heteroatoms. The van der Waals surface area contributed by atoms with Crippen molar-refractivity contribution in [2.24, 2.45) is 10.4 Å². The van der Waals surface area contributed by atoms with Gasteiger partial charge in [-0.05, 0) is 11.6 Å². The molecule has 1 rings (SSSR count). The van der Waals surface area contributed by atoms with Gasteiger partial charge in [0.1, 0.15) is 0 Å². The first-order valence-electron chi connectivity index (χ1n) is 6.33. The maximum Gasteiger partial charge on any atom is 0.0692 e. The summed E-state index contributed by atoms with van der Waals surface area (Å²) < 4.78 is 0. The van der Waals surface area contributed by atoms with E-state index in [1.165, 1.54) is 0 Å². The minimum absolute atomic E-state index is 0.0129. The molecule has 0 amide bonds. The Kier molecular flexibility index (Phi) is 10.4. The third-order valence-electron chi connectivity index (χ3n) is 1.94. The highest BCUT2D eigenvalue weighted by Crippen LogP contribution is 2.22. The molecule has 0 saturated heterocycles. The van der Waals surface area contributed by atoms with Crippen LogP contribution in [0, 0.1) is 5.41 Å². The van der Waals surface area contributed by atoms with Crippen LogP contribution in [0.15, 0.2) is 53.7 Å². The lowest BCUT2D eigenvalue weighted by Gasteiger charge is -2.10. The Morgan fingerprint density at radius 2 is 1.59 bits per heavy atom. The number of aliphatic imine (C=N–C) groups is 1. The lowest BCUT2D eigenvalue weighted by Crippen LogP contribution is -2.07. The first-order valence-corrected chi connectivity index (χ1v) is 6.33. The quantitative estimate of drug-likeness (QED) is 0.611. The largest absolute Gasteiger partial charge is 0.260 e. The molecule has 0 fully saturated rings. The van der Waals surface area contributed by atoms with E-state index in [4.69, 9.17) is 0 Å². The van der Waals surface area contributed by atoms with Crippen LogP contribution in [0.25, 0.3) is 0 Å². The van der Waals surface area contributed by atoms with Gasteiger partial charge in [-0.2, -0.15) is 0 Å². The van der Waals surface area contributed by atoms with E-state index in [0.717, 1.165) is 11.3 Å². The van der Waals surface area contributed by atoms with Gasteiger partial charge in [0.2, 0.25) is 0 Å². The van der Waals surface area contributed by atoms with Crippen molar-refractivity contribution in [3.63, 3.8) is 0 Å². The molecule has 1 nitrogen and oxygen atoms in total. The van der Waals surface area contributed by atoms with Crippen molar-refractivity contribution in [1.82, 2.24) is 0 Å². The van der Waals surface area contributed by atoms with Gasteiger partial charge in [0.05, 0.1) is 5.70 Å². The van der Waals surface area contributed by atoms with Crippen molar-refractivity contribution in [2.45, 2.75) is 41.5 Å². The Labute approximate surface area is 107 Å². The van der Waals surface area contributed by atoms with E-state index in [1.807, 2.05) is 40.0 Å². The first-order chi connectivity index (χ1) is 8.09. The first kappa shape index (κ1) is 18.0. The molecule has 0 aromatic rings. The maximum atomic E-state index is 4.35. The van der Waals surface area contributed by atoms with Crippen molar-refractivity contribution < 1.29 is 0 Å². The van der Waals surface area contributed by atoms with Crippen LogP contribution < -0.4 is 0 Å². The molecule has 0 radical (unpaired) electrons. The second-order valence-corrected chi connectivity index (χ2v) is 3.66. The summed E-state index contributed by atoms with van der Waals surface area (Å²) >= 11 is 0. The minimum atomic E-state index is 0.0129. The molecule has 0 spiro atoms. The predicted molar refractivity (Wildman–Crippen MR) is 81.5 cm³/mol. The Hall–Kier alpha value is -1.37. The van der Waals surface area contributed by atoms with Crippen molar-refractivity contribution in [2.75, 3.05) is 0 Å². The normalized spacial score (nSPS) is 15.9. The van der Waals surface area contributed by atoms with E-state index in [0.29, 0.717) is 0 Å². The molecular weight excluding hydrogens is 206 g/mol. The molecule has 0 atom stereocenters. The second-order valence-electron chi connectivity index (χ2n) is 3.66. The fourth-order valence-corrected chi connectivity index (χ4v) is 1.09. The van der Waals surface area contributed by atoms with Crippen LogP contribution in [0.3, 0.4) is 0 Å². The van der Waals surface area contributed by atoms with Gasteiger partial charge in [-0.3, -0.25) is 4.99 Å². The van der Waals surface area contributed by atoms with Crippen LogP contribution in [-0.2, 0) is 0 Å². The summed E-state index contributed by atoms with van der Waals surface area (Å²) in [5.74, 6) is 0. The lowest BCUT2D eigenvalue weighted by atomic mass is 9.94. The summed E-state index contributed by atoms with van der Waals surface area (Å²) in [7, 11) is 0. The smallest absolute Gasteiger partial charge is 0.0692 e. The van der Waals surface area contributed by atoms with Gasteiger partial charge in [-0.25, -0.2) is 0 Å². The van der Waals surface area contributed by atoms with E-state index in [1.54, 1.807) is 12.2 Å². The van der Waals surface area contributed by atoms with E-state index >= 15 is 0 Å². The van der Waals surface area contributed by atoms with Crippen molar-refractivity contribution in [3.05, 3.63) is 48.7 Å². The summed E-state index contributed by atoms with van der Waals surface area (Å²) in [4.78, 5) is 4.35. The second kappa shape index (κ2) is 9.83. The summed E-state index contributed by atoms with van der Waals surface area (Å²) in [6.07, 6.45) is 9.63. The third-order valence-corrected chi connectivity index (χ3v) is 1.94. The molecule has 17 heavy (non-hydrogen) atoms. The molecule has 0 unspecified atom stereocenters. The Bertz CT molecular complexity index is 284. The fourth-order valence-electron chi connectivity index (χ4n) is 1.09. The molecule has 0 saturated carbocycles. The summed E-state index contributed by atoms with van der Waals surface area (Å²) in [6, 6.07) is 0. The molecular formula is C16H27N. The van der Waals surface area contributed by atoms with Crippen LogP contribution in [0.2, 0.25) is 0 Å². The molecule has 1 heterocycles. The fraction of sp³-hybridized carbons (Fsp3) is 0.438. The van der Waals surface area contributed by atoms with Crippen LogP contribution >= 0.6 is 0 Å². The van der Waals surface area contributed by atoms with Crippen LogP contribution in [0.4, 0.5) is 0 Å². The summed E-state index contributed by atoms with van der Waals surface area (Å²) in [5, 5.41) is 0. The third kappa shape index (κ3) is 6.72. The van der Waals surface area contributed by atoms with Crippen LogP contribution in [-0.4, -0.2) is 6.21 Å². The lowest BCUT2D eigenvalue weighted by molar-refractivity contribution is 0.695. The predicted octanol–water partition coefficient (Wildman–Crippen LogP) is 5.33. The van der Waals surface area contributed by atoms with Gasteiger partial charge in [0.25, 0.3) is 0 Å². The van der Waals surface area contributed by atoms with E-state index in [9.17, 15) is 0 Å². The molecule has 96 valence electrons. The number of hydrogen-bond donors (Lipinski definition) is 0. The molecule has 1 aliphatic heterocycles. The monoisotopic (exact) mass is 233 g/mol. The number of allylic oxidation sites excluding steroid dienone is 5. The standard InChI is InChI=1S/C12H15N.2C2H6/c1-5-10-7-8-12(3,4)9-13-11(10)6-2;2*1-2/h5-9H,1-2H2,3-4H3;2*1-2H3. The van der Waals surface area contributed by atoms with Crippen LogP contribution in [0.5, 0.6) is 0 Å². The Morgan fingerprint density at radius 3 is 2.00 bits per heavy atom. The zero-order chi connectivity index (χ0) is 13.9. The van der Waals surface area contributed by atoms with E-state index in [-0.39, 0.29) is 5.41 Å². The van der Waals surface area contributed by atoms with Gasteiger partial charge in [-0.15, -0.1) is 0 Å². The van der Waals surface area contributed by atoms with Crippen molar-refractivity contribution in [3.8, 4) is 0 Å². The number of hydrogen-bond acceptors (Lipinski definition) is 1. The molecule has 1 aliphatic rings. The number of nitrogens with zero attached hydrogens (tertiary/aromatic N) is 1. The molecule has 0 aliphatic carbocycles. The zero-order valence-electron chi connectivity index (χ0n) is 12.2. The van der Waals surface area contributed by atoms with Crippen molar-refractivity contribution in [1.29, 1.82) is 0 Å². The molecule has 0 N–H and O–H groups in total. The van der Waals surface area contributed by atoms with Gasteiger partial charge < -0.3 is 0 Å². The summed E-state index contributed by atoms with van der Waals surface area (Å²) in [5.41, 5.74) is 1.92. The minimum Gasteiger partial charge on any atom is -0.260 e. The average Bonchev–Trinajstić information content (AvgIpc) is 2.52. The van der Waals surface area contributed by atoms with Gasteiger partial charge in [-0.1, -0.05) is 72.9 Å². The highest BCUT2D eigenvalue weighted by molar-refractivity contribution is 5.71. The highest BCUT2D eigenvalue weighted by Gasteiger charge is 2.12. The summed E-state index contributed by atoms with van der Waals surface area (Å²) in [6.45, 7) is 19.7. The maximum absolute atomic E-state index is 4.35. The zero-order valence-corrected chi connectivity index (χ0v) is 12.2. The van der Waals surface area contributed by atoms with Gasteiger partial charge in [0.15, 0.2) is 0 Å². The van der Waals surface area contributed by atoms with Crippen molar-refractivity contribution >= 4 is 6.21 Å². The van der Waals surface area contributed by atoms with Crippen LogP contribution in [0.1, 0.15) is 41.5 Å². The molecule has 0 bridgehead atoms. The van der Waals surface area contributed by atoms with E-state index < -0.39 is 0 Å².